The Morgan fingerprint density at radius 2 is 1.35 bits per heavy atom. The fourth-order valence-corrected chi connectivity index (χ4v) is 2.25. The van der Waals surface area contributed by atoms with Crippen LogP contribution in [0.15, 0.2) is 0 Å². The summed E-state index contributed by atoms with van der Waals surface area (Å²) in [6.45, 7) is 10.0. The van der Waals surface area contributed by atoms with Crippen LogP contribution in [-0.2, 0) is 11.3 Å². The van der Waals surface area contributed by atoms with E-state index in [-0.39, 0.29) is 4.92 Å². The van der Waals surface area contributed by atoms with Crippen LogP contribution in [0.25, 0.3) is 0 Å². The molecule has 0 atom stereocenters. The molecule has 0 saturated carbocycles. The molecule has 1 aromatic rings. The van der Waals surface area contributed by atoms with Crippen LogP contribution in [0.3, 0.4) is 0 Å². The molecule has 0 saturated heterocycles. The zero-order valence-electron chi connectivity index (χ0n) is 10.5. The number of fused-ring (bicyclic) bond motifs is 1. The quantitative estimate of drug-likeness (QED) is 0.383. The SMILES string of the molecule is Cc1c(C)c(C)c2c(c1C)CCN2.[I][V]([I])[I]. The van der Waals surface area contributed by atoms with Gasteiger partial charge in [0.25, 0.3) is 0 Å². The van der Waals surface area contributed by atoms with E-state index in [9.17, 15) is 0 Å². The molecule has 0 aliphatic carbocycles. The number of benzene rings is 1. The van der Waals surface area contributed by atoms with Gasteiger partial charge in [0.15, 0.2) is 0 Å². The molecule has 1 N–H and O–H groups in total. The van der Waals surface area contributed by atoms with Crippen molar-refractivity contribution in [2.75, 3.05) is 11.9 Å². The van der Waals surface area contributed by atoms with Gasteiger partial charge < -0.3 is 5.32 Å². The van der Waals surface area contributed by atoms with Crippen molar-refractivity contribution < 1.29 is 4.92 Å². The molecule has 0 amide bonds. The van der Waals surface area contributed by atoms with Crippen LogP contribution in [0.5, 0.6) is 0 Å². The number of anilines is 1. The van der Waals surface area contributed by atoms with Crippen LogP contribution in [0.1, 0.15) is 27.8 Å². The second-order valence-corrected chi connectivity index (χ2v) is 39.6. The van der Waals surface area contributed by atoms with E-state index in [0.29, 0.717) is 0 Å². The monoisotopic (exact) mass is 607 g/mol. The van der Waals surface area contributed by atoms with E-state index < -0.39 is 0 Å². The standard InChI is InChI=1S/C12H17N.3HI.V/c1-7-8(2)10(4)12-11(9(7)3)5-6-13-12;;;;/h13H,5-6H2,1-4H3;3*1H;/q;;;;+3/p-3. The molecule has 1 aromatic carbocycles. The van der Waals surface area contributed by atoms with Crippen molar-refractivity contribution in [2.24, 2.45) is 0 Å². The average Bonchev–Trinajstić information content (AvgIpc) is 2.71. The predicted molar refractivity (Wildman–Crippen MR) is 99.6 cm³/mol. The predicted octanol–water partition coefficient (Wildman–Crippen LogP) is 5.54. The second kappa shape index (κ2) is 7.54. The van der Waals surface area contributed by atoms with Crippen molar-refractivity contribution in [3.63, 3.8) is 0 Å². The fourth-order valence-electron chi connectivity index (χ4n) is 2.25. The third kappa shape index (κ3) is 4.39. The zero-order chi connectivity index (χ0) is 13.2. The number of hydrogen-bond donors (Lipinski definition) is 1. The molecular weight excluding hydrogens is 590 g/mol. The molecule has 0 aromatic heterocycles. The average molecular weight is 607 g/mol. The van der Waals surface area contributed by atoms with Gasteiger partial charge in [0, 0.05) is 12.2 Å². The minimum atomic E-state index is -0.278. The summed E-state index contributed by atoms with van der Waals surface area (Å²) < 4.78 is 0. The summed E-state index contributed by atoms with van der Waals surface area (Å²) in [6, 6.07) is 0. The van der Waals surface area contributed by atoms with Crippen molar-refractivity contribution in [2.45, 2.75) is 34.1 Å². The molecule has 0 unspecified atom stereocenters. The van der Waals surface area contributed by atoms with Crippen LogP contribution in [-0.4, -0.2) is 6.54 Å². The molecule has 1 heterocycles. The van der Waals surface area contributed by atoms with Crippen molar-refractivity contribution in [3.8, 4) is 0 Å². The molecule has 1 aliphatic rings. The minimum absolute atomic E-state index is 0.278. The molecule has 0 fully saturated rings. The van der Waals surface area contributed by atoms with Crippen molar-refractivity contribution in [1.82, 2.24) is 0 Å². The van der Waals surface area contributed by atoms with Gasteiger partial charge in [0.05, 0.1) is 0 Å². The summed E-state index contributed by atoms with van der Waals surface area (Å²) in [6.07, 6.45) is 1.20. The van der Waals surface area contributed by atoms with E-state index in [4.69, 9.17) is 0 Å². The van der Waals surface area contributed by atoms with Crippen LogP contribution < -0.4 is 5.32 Å². The van der Waals surface area contributed by atoms with E-state index in [2.05, 4.69) is 92.9 Å². The van der Waals surface area contributed by atoms with Gasteiger partial charge in [0.1, 0.15) is 0 Å². The van der Waals surface area contributed by atoms with Crippen LogP contribution in [0, 0.1) is 27.7 Å². The Hall–Kier alpha value is 1.79. The van der Waals surface area contributed by atoms with Gasteiger partial charge in [-0.1, -0.05) is 0 Å². The van der Waals surface area contributed by atoms with E-state index in [1.54, 1.807) is 5.56 Å². The maximum absolute atomic E-state index is 3.48. The fraction of sp³-hybridized carbons (Fsp3) is 0.500. The van der Waals surface area contributed by atoms with Gasteiger partial charge in [-0.05, 0) is 61.9 Å². The molecule has 0 radical (unpaired) electrons. The van der Waals surface area contributed by atoms with Gasteiger partial charge in [-0.25, -0.2) is 0 Å². The van der Waals surface area contributed by atoms with Crippen molar-refractivity contribution in [1.29, 1.82) is 0 Å². The molecule has 17 heavy (non-hydrogen) atoms. The summed E-state index contributed by atoms with van der Waals surface area (Å²) in [5.74, 6) is 0. The Morgan fingerprint density at radius 1 is 0.882 bits per heavy atom. The Bertz CT molecular complexity index is 381. The Balaban J connectivity index is 0.000000317. The van der Waals surface area contributed by atoms with Crippen molar-refractivity contribution >= 4 is 65.6 Å². The maximum atomic E-state index is 3.48. The summed E-state index contributed by atoms with van der Waals surface area (Å²) >= 11 is 7.39. The number of halogens is 3. The van der Waals surface area contributed by atoms with E-state index in [1.165, 1.54) is 34.4 Å². The normalized spacial score (nSPS) is 12.9. The van der Waals surface area contributed by atoms with Gasteiger partial charge in [-0.15, -0.1) is 0 Å². The molecule has 0 bridgehead atoms. The number of nitrogens with one attached hydrogen (secondary N) is 1. The summed E-state index contributed by atoms with van der Waals surface area (Å²) in [5.41, 5.74) is 8.80. The third-order valence-corrected chi connectivity index (χ3v) is 3.49. The Kier molecular flexibility index (Phi) is 7.48. The second-order valence-electron chi connectivity index (χ2n) is 4.22. The topological polar surface area (TPSA) is 12.0 Å². The third-order valence-electron chi connectivity index (χ3n) is 3.49. The first-order valence-electron chi connectivity index (χ1n) is 5.46. The van der Waals surface area contributed by atoms with Crippen molar-refractivity contribution in [3.05, 3.63) is 27.8 Å². The van der Waals surface area contributed by atoms with Crippen LogP contribution in [0.2, 0.25) is 0 Å². The van der Waals surface area contributed by atoms with E-state index >= 15 is 0 Å². The molecule has 2 rings (SSSR count). The first kappa shape index (κ1) is 16.8. The molecule has 1 nitrogen and oxygen atoms in total. The van der Waals surface area contributed by atoms with Gasteiger partial charge >= 0.3 is 64.9 Å². The van der Waals surface area contributed by atoms with Gasteiger partial charge in [-0.3, -0.25) is 0 Å². The first-order valence-corrected chi connectivity index (χ1v) is 19.0. The number of hydrogen-bond acceptors (Lipinski definition) is 1. The zero-order valence-corrected chi connectivity index (χ0v) is 18.4. The molecule has 1 aliphatic heterocycles. The molecule has 96 valence electrons. The van der Waals surface area contributed by atoms with Crippen LogP contribution >= 0.6 is 59.9 Å². The number of rotatable bonds is 0. The first-order chi connectivity index (χ1) is 7.86. The van der Waals surface area contributed by atoms with E-state index in [1.807, 2.05) is 0 Å². The van der Waals surface area contributed by atoms with Gasteiger partial charge in [0.2, 0.25) is 0 Å². The molecule has 5 heteroatoms. The van der Waals surface area contributed by atoms with Gasteiger partial charge in [-0.2, -0.15) is 0 Å². The summed E-state index contributed by atoms with van der Waals surface area (Å²) in [7, 11) is 0. The molecule has 0 spiro atoms. The summed E-state index contributed by atoms with van der Waals surface area (Å²) in [4.78, 5) is -0.278. The van der Waals surface area contributed by atoms with Crippen LogP contribution in [0.4, 0.5) is 5.69 Å². The Labute approximate surface area is 142 Å². The molecular formula is C12H17I3NV. The van der Waals surface area contributed by atoms with E-state index in [0.717, 1.165) is 6.54 Å². The Morgan fingerprint density at radius 3 is 1.88 bits per heavy atom. The summed E-state index contributed by atoms with van der Waals surface area (Å²) in [5, 5.41) is 3.48.